The Morgan fingerprint density at radius 3 is 2.34 bits per heavy atom. The number of hydrogen-bond acceptors (Lipinski definition) is 3. The molecule has 1 amide bonds. The fraction of sp³-hybridized carbons (Fsp3) is 0.381. The first-order valence-corrected chi connectivity index (χ1v) is 11.4. The van der Waals surface area contributed by atoms with Gasteiger partial charge in [0.05, 0.1) is 9.92 Å². The molecular weight excluding hydrogens is 415 g/mol. The van der Waals surface area contributed by atoms with Gasteiger partial charge in [-0.05, 0) is 43.5 Å². The Morgan fingerprint density at radius 1 is 1.07 bits per heavy atom. The number of carbonyl (C=O) groups excluding carboxylic acids is 1. The number of piperazine rings is 1. The minimum atomic E-state index is -3.76. The Kier molecular flexibility index (Phi) is 6.93. The van der Waals surface area contributed by atoms with Crippen molar-refractivity contribution in [3.05, 3.63) is 64.4 Å². The van der Waals surface area contributed by atoms with Crippen molar-refractivity contribution in [1.29, 1.82) is 0 Å². The first-order valence-electron chi connectivity index (χ1n) is 9.56. The quantitative estimate of drug-likeness (QED) is 0.691. The van der Waals surface area contributed by atoms with Crippen molar-refractivity contribution in [2.24, 2.45) is 0 Å². The molecule has 0 aliphatic carbocycles. The molecule has 8 heteroatoms. The summed E-state index contributed by atoms with van der Waals surface area (Å²) in [5.74, 6) is -0.620. The fourth-order valence-electron chi connectivity index (χ4n) is 3.32. The standard InChI is InChI=1S/C21H24ClFN2O3S/c1-16-5-7-17(8-6-16)3-2-4-21(26)24-11-13-25(14-12-24)29(27,28)18-9-10-20(23)19(22)15-18/h5-10,15H,2-4,11-14H2,1H3. The predicted molar refractivity (Wildman–Crippen MR) is 111 cm³/mol. The van der Waals surface area contributed by atoms with Gasteiger partial charge in [0.25, 0.3) is 0 Å². The number of carbonyl (C=O) groups is 1. The predicted octanol–water partition coefficient (Wildman–Crippen LogP) is 3.64. The van der Waals surface area contributed by atoms with E-state index in [2.05, 4.69) is 24.3 Å². The van der Waals surface area contributed by atoms with E-state index in [0.717, 1.165) is 25.0 Å². The number of hydrogen-bond donors (Lipinski definition) is 0. The number of halogens is 2. The van der Waals surface area contributed by atoms with Gasteiger partial charge in [-0.3, -0.25) is 4.79 Å². The third-order valence-corrected chi connectivity index (χ3v) is 7.28. The Bertz CT molecular complexity index is 972. The van der Waals surface area contributed by atoms with Crippen LogP contribution >= 0.6 is 11.6 Å². The van der Waals surface area contributed by atoms with Gasteiger partial charge in [-0.25, -0.2) is 12.8 Å². The zero-order valence-electron chi connectivity index (χ0n) is 16.3. The highest BCUT2D eigenvalue weighted by Gasteiger charge is 2.30. The number of aryl methyl sites for hydroxylation is 2. The van der Waals surface area contributed by atoms with E-state index in [1.54, 1.807) is 4.90 Å². The topological polar surface area (TPSA) is 57.7 Å². The molecule has 0 unspecified atom stereocenters. The van der Waals surface area contributed by atoms with Crippen molar-refractivity contribution < 1.29 is 17.6 Å². The van der Waals surface area contributed by atoms with Crippen molar-refractivity contribution in [1.82, 2.24) is 9.21 Å². The molecule has 1 saturated heterocycles. The Balaban J connectivity index is 1.50. The SMILES string of the molecule is Cc1ccc(CCCC(=O)N2CCN(S(=O)(=O)c3ccc(F)c(Cl)c3)CC2)cc1. The Hall–Kier alpha value is -1.96. The summed E-state index contributed by atoms with van der Waals surface area (Å²) in [5, 5.41) is -0.228. The van der Waals surface area contributed by atoms with Crippen LogP contribution in [0.5, 0.6) is 0 Å². The van der Waals surface area contributed by atoms with E-state index in [0.29, 0.717) is 19.5 Å². The van der Waals surface area contributed by atoms with E-state index in [4.69, 9.17) is 11.6 Å². The number of rotatable bonds is 6. The molecule has 5 nitrogen and oxygen atoms in total. The summed E-state index contributed by atoms with van der Waals surface area (Å²) in [6.45, 7) is 3.15. The molecule has 3 rings (SSSR count). The summed E-state index contributed by atoms with van der Waals surface area (Å²) in [6.07, 6.45) is 2.04. The lowest BCUT2D eigenvalue weighted by molar-refractivity contribution is -0.132. The first-order chi connectivity index (χ1) is 13.8. The average Bonchev–Trinajstić information content (AvgIpc) is 2.71. The highest BCUT2D eigenvalue weighted by atomic mass is 35.5. The smallest absolute Gasteiger partial charge is 0.243 e. The summed E-state index contributed by atoms with van der Waals surface area (Å²) in [7, 11) is -3.76. The van der Waals surface area contributed by atoms with E-state index >= 15 is 0 Å². The summed E-state index contributed by atoms with van der Waals surface area (Å²) < 4.78 is 40.1. The second-order valence-electron chi connectivity index (χ2n) is 7.20. The van der Waals surface area contributed by atoms with Gasteiger partial charge < -0.3 is 4.90 Å². The van der Waals surface area contributed by atoms with Crippen LogP contribution in [-0.4, -0.2) is 49.7 Å². The van der Waals surface area contributed by atoms with Crippen molar-refractivity contribution >= 4 is 27.5 Å². The minimum Gasteiger partial charge on any atom is -0.340 e. The van der Waals surface area contributed by atoms with E-state index in [-0.39, 0.29) is 28.9 Å². The molecule has 0 atom stereocenters. The average molecular weight is 439 g/mol. The first kappa shape index (κ1) is 21.7. The van der Waals surface area contributed by atoms with Gasteiger partial charge in [0, 0.05) is 32.6 Å². The fourth-order valence-corrected chi connectivity index (χ4v) is 5.02. The number of nitrogens with zero attached hydrogens (tertiary/aromatic N) is 2. The highest BCUT2D eigenvalue weighted by Crippen LogP contribution is 2.23. The molecule has 0 bridgehead atoms. The molecule has 0 radical (unpaired) electrons. The summed E-state index contributed by atoms with van der Waals surface area (Å²) >= 11 is 5.71. The molecule has 1 aliphatic rings. The van der Waals surface area contributed by atoms with Crippen LogP contribution in [0.15, 0.2) is 47.4 Å². The van der Waals surface area contributed by atoms with E-state index in [9.17, 15) is 17.6 Å². The second kappa shape index (κ2) is 9.24. The molecule has 1 heterocycles. The molecule has 2 aromatic carbocycles. The van der Waals surface area contributed by atoms with Crippen LogP contribution in [0.1, 0.15) is 24.0 Å². The van der Waals surface area contributed by atoms with E-state index in [1.807, 2.05) is 6.92 Å². The van der Waals surface area contributed by atoms with Crippen molar-refractivity contribution in [2.45, 2.75) is 31.1 Å². The number of benzene rings is 2. The molecule has 0 N–H and O–H groups in total. The lowest BCUT2D eigenvalue weighted by Crippen LogP contribution is -2.50. The van der Waals surface area contributed by atoms with E-state index < -0.39 is 15.8 Å². The second-order valence-corrected chi connectivity index (χ2v) is 9.55. The van der Waals surface area contributed by atoms with Gasteiger partial charge in [0.1, 0.15) is 5.82 Å². The molecule has 1 fully saturated rings. The Labute approximate surface area is 176 Å². The van der Waals surface area contributed by atoms with Crippen molar-refractivity contribution in [2.75, 3.05) is 26.2 Å². The van der Waals surface area contributed by atoms with Crippen LogP contribution in [0.3, 0.4) is 0 Å². The summed E-state index contributed by atoms with van der Waals surface area (Å²) in [4.78, 5) is 14.1. The van der Waals surface area contributed by atoms with Crippen LogP contribution in [0.2, 0.25) is 5.02 Å². The van der Waals surface area contributed by atoms with Gasteiger partial charge >= 0.3 is 0 Å². The third kappa shape index (κ3) is 5.35. The van der Waals surface area contributed by atoms with Crippen molar-refractivity contribution in [3.8, 4) is 0 Å². The molecule has 1 aliphatic heterocycles. The molecule has 2 aromatic rings. The molecule has 0 saturated carbocycles. The van der Waals surface area contributed by atoms with Gasteiger partial charge in [0.2, 0.25) is 15.9 Å². The number of sulfonamides is 1. The summed E-state index contributed by atoms with van der Waals surface area (Å²) in [5.41, 5.74) is 2.41. The summed E-state index contributed by atoms with van der Waals surface area (Å²) in [6, 6.07) is 11.6. The molecule has 0 aromatic heterocycles. The van der Waals surface area contributed by atoms with Crippen molar-refractivity contribution in [3.63, 3.8) is 0 Å². The van der Waals surface area contributed by atoms with Gasteiger partial charge in [-0.15, -0.1) is 0 Å². The van der Waals surface area contributed by atoms with Gasteiger partial charge in [0.15, 0.2) is 0 Å². The molecule has 29 heavy (non-hydrogen) atoms. The monoisotopic (exact) mass is 438 g/mol. The van der Waals surface area contributed by atoms with Crippen LogP contribution < -0.4 is 0 Å². The van der Waals surface area contributed by atoms with Crippen LogP contribution in [0.25, 0.3) is 0 Å². The minimum absolute atomic E-state index is 0.0400. The van der Waals surface area contributed by atoms with Gasteiger partial charge in [-0.2, -0.15) is 4.31 Å². The maximum absolute atomic E-state index is 13.3. The lowest BCUT2D eigenvalue weighted by atomic mass is 10.1. The van der Waals surface area contributed by atoms with E-state index in [1.165, 1.54) is 21.5 Å². The zero-order valence-corrected chi connectivity index (χ0v) is 17.8. The molecular formula is C21H24ClFN2O3S. The highest BCUT2D eigenvalue weighted by molar-refractivity contribution is 7.89. The third-order valence-electron chi connectivity index (χ3n) is 5.10. The normalized spacial score (nSPS) is 15.5. The Morgan fingerprint density at radius 2 is 1.72 bits per heavy atom. The van der Waals surface area contributed by atoms with Crippen LogP contribution in [0, 0.1) is 12.7 Å². The van der Waals surface area contributed by atoms with Crippen LogP contribution in [-0.2, 0) is 21.2 Å². The largest absolute Gasteiger partial charge is 0.340 e. The van der Waals surface area contributed by atoms with Gasteiger partial charge in [-0.1, -0.05) is 41.4 Å². The zero-order chi connectivity index (χ0) is 21.0. The number of amides is 1. The lowest BCUT2D eigenvalue weighted by Gasteiger charge is -2.34. The van der Waals surface area contributed by atoms with Crippen LogP contribution in [0.4, 0.5) is 4.39 Å². The maximum atomic E-state index is 13.3. The molecule has 156 valence electrons. The molecule has 0 spiro atoms. The maximum Gasteiger partial charge on any atom is 0.243 e.